The Bertz CT molecular complexity index is 1380. The third kappa shape index (κ3) is 19.0. The van der Waals surface area contributed by atoms with E-state index in [1.165, 1.54) is 0 Å². The summed E-state index contributed by atoms with van der Waals surface area (Å²) < 4.78 is 10.7. The maximum atomic E-state index is 13.0. The fraction of sp³-hybridized carbons (Fsp3) is 0.667. The highest BCUT2D eigenvalue weighted by atomic mass is 17.2. The van der Waals surface area contributed by atoms with E-state index in [1.54, 1.807) is 41.5 Å². The molecule has 0 aliphatic rings. The number of aromatic carboxylic acids is 2. The fourth-order valence-electron chi connectivity index (χ4n) is 4.66. The number of hydrogen-bond donors (Lipinski definition) is 6. The summed E-state index contributed by atoms with van der Waals surface area (Å²) >= 11 is 0. The molecule has 0 heterocycles. The molecular formula is C36H58N4O14. The van der Waals surface area contributed by atoms with Crippen molar-refractivity contribution in [3.8, 4) is 0 Å². The topological polar surface area (TPSA) is 246 Å². The number of amides is 4. The van der Waals surface area contributed by atoms with E-state index in [-0.39, 0.29) is 26.2 Å². The Labute approximate surface area is 316 Å². The van der Waals surface area contributed by atoms with Crippen molar-refractivity contribution in [3.63, 3.8) is 0 Å². The van der Waals surface area contributed by atoms with Gasteiger partial charge < -0.3 is 41.0 Å². The van der Waals surface area contributed by atoms with Crippen LogP contribution in [0.4, 0.5) is 9.59 Å². The zero-order valence-electron chi connectivity index (χ0n) is 33.3. The summed E-state index contributed by atoms with van der Waals surface area (Å²) in [7, 11) is 0. The molecule has 0 fully saturated rings. The molecule has 0 saturated heterocycles. The van der Waals surface area contributed by atoms with Gasteiger partial charge in [0.2, 0.25) is 0 Å². The largest absolute Gasteiger partial charge is 0.478 e. The van der Waals surface area contributed by atoms with Gasteiger partial charge in [-0.05, 0) is 95.2 Å². The number of carboxylic acid groups (broad SMARTS) is 2. The van der Waals surface area contributed by atoms with Crippen molar-refractivity contribution in [2.24, 2.45) is 0 Å². The lowest BCUT2D eigenvalue weighted by molar-refractivity contribution is -0.399. The van der Waals surface area contributed by atoms with Gasteiger partial charge in [-0.25, -0.2) is 38.7 Å². The minimum atomic E-state index is -1.61. The van der Waals surface area contributed by atoms with Crippen LogP contribution < -0.4 is 21.3 Å². The predicted molar refractivity (Wildman–Crippen MR) is 194 cm³/mol. The average Bonchev–Trinajstić information content (AvgIpc) is 3.01. The Hall–Kier alpha value is -4.52. The second kappa shape index (κ2) is 20.2. The van der Waals surface area contributed by atoms with Crippen LogP contribution >= 0.6 is 0 Å². The van der Waals surface area contributed by atoms with E-state index >= 15 is 0 Å². The van der Waals surface area contributed by atoms with E-state index in [9.17, 15) is 39.0 Å². The van der Waals surface area contributed by atoms with Crippen molar-refractivity contribution in [1.82, 2.24) is 21.3 Å². The summed E-state index contributed by atoms with van der Waals surface area (Å²) in [5.41, 5.74) is -4.93. The number of benzene rings is 1. The monoisotopic (exact) mass is 770 g/mol. The van der Waals surface area contributed by atoms with Crippen LogP contribution in [0.3, 0.4) is 0 Å². The summed E-state index contributed by atoms with van der Waals surface area (Å²) in [4.78, 5) is 96.2. The first-order chi connectivity index (χ1) is 24.6. The molecular weight excluding hydrogens is 712 g/mol. The van der Waals surface area contributed by atoms with Gasteiger partial charge in [-0.2, -0.15) is 0 Å². The van der Waals surface area contributed by atoms with Crippen LogP contribution in [0.1, 0.15) is 137 Å². The molecule has 0 aromatic heterocycles. The zero-order chi connectivity index (χ0) is 41.7. The second-order valence-electron chi connectivity index (χ2n) is 15.8. The minimum absolute atomic E-state index is 0.112. The third-order valence-corrected chi connectivity index (χ3v) is 6.68. The van der Waals surface area contributed by atoms with Crippen LogP contribution in [-0.4, -0.2) is 107 Å². The molecule has 18 nitrogen and oxygen atoms in total. The normalized spacial score (nSPS) is 13.3. The molecule has 6 N–H and O–H groups in total. The van der Waals surface area contributed by atoms with Crippen molar-refractivity contribution >= 4 is 35.9 Å². The quantitative estimate of drug-likeness (QED) is 0.0603. The van der Waals surface area contributed by atoms with Gasteiger partial charge in [0, 0.05) is 39.0 Å². The Morgan fingerprint density at radius 2 is 0.815 bits per heavy atom. The maximum Gasteiger partial charge on any atom is 0.407 e. The van der Waals surface area contributed by atoms with Gasteiger partial charge in [-0.3, -0.25) is 9.59 Å². The molecule has 54 heavy (non-hydrogen) atoms. The molecule has 2 unspecified atom stereocenters. The number of carbonyl (C=O) groups excluding carboxylic acids is 4. The lowest BCUT2D eigenvalue weighted by Gasteiger charge is -2.30. The smallest absolute Gasteiger partial charge is 0.407 e. The van der Waals surface area contributed by atoms with Gasteiger partial charge in [0.1, 0.15) is 23.4 Å². The summed E-state index contributed by atoms with van der Waals surface area (Å²) in [5.74, 6) is -5.12. The second-order valence-corrected chi connectivity index (χ2v) is 15.8. The fourth-order valence-corrected chi connectivity index (χ4v) is 4.66. The molecule has 0 radical (unpaired) electrons. The van der Waals surface area contributed by atoms with E-state index < -0.39 is 92.8 Å². The molecule has 0 aliphatic heterocycles. The molecule has 0 saturated carbocycles. The summed E-state index contributed by atoms with van der Waals surface area (Å²) in [6.07, 6.45) is -2.09. The third-order valence-electron chi connectivity index (χ3n) is 6.68. The van der Waals surface area contributed by atoms with Gasteiger partial charge in [0.25, 0.3) is 11.8 Å². The minimum Gasteiger partial charge on any atom is -0.478 e. The van der Waals surface area contributed by atoms with Crippen LogP contribution in [0.5, 0.6) is 0 Å². The lowest BCUT2D eigenvalue weighted by atomic mass is 9.97. The Kier molecular flexibility index (Phi) is 17.8. The van der Waals surface area contributed by atoms with Gasteiger partial charge >= 0.3 is 24.1 Å². The molecule has 306 valence electrons. The number of ether oxygens (including phenoxy) is 2. The lowest BCUT2D eigenvalue weighted by Crippen LogP contribution is -2.39. The highest BCUT2D eigenvalue weighted by Gasteiger charge is 2.30. The Morgan fingerprint density at radius 3 is 1.11 bits per heavy atom. The molecule has 4 amide bonds. The number of nitrogens with one attached hydrogen (secondary N) is 4. The van der Waals surface area contributed by atoms with E-state index in [0.717, 1.165) is 6.07 Å². The number of hydrogen-bond acceptors (Lipinski definition) is 12. The highest BCUT2D eigenvalue weighted by molar-refractivity contribution is 6.11. The highest BCUT2D eigenvalue weighted by Crippen LogP contribution is 2.24. The van der Waals surface area contributed by atoms with Crippen molar-refractivity contribution in [3.05, 3.63) is 34.4 Å². The van der Waals surface area contributed by atoms with E-state index in [2.05, 4.69) is 21.3 Å². The SMILES string of the molecule is CC(CC(C)(C)OOC(C)(C)C)OC(=O)NCCNC(=O)c1cc(C(=O)NCCNC(=O)OC(C)CC(C)(C)OOC(C)(C)C)c(C(=O)O)cc1C(=O)O. The van der Waals surface area contributed by atoms with E-state index in [1.807, 2.05) is 41.5 Å². The van der Waals surface area contributed by atoms with Gasteiger partial charge in [-0.15, -0.1) is 0 Å². The molecule has 1 aromatic carbocycles. The van der Waals surface area contributed by atoms with Gasteiger partial charge in [0.15, 0.2) is 0 Å². The van der Waals surface area contributed by atoms with Gasteiger partial charge in [-0.1, -0.05) is 0 Å². The van der Waals surface area contributed by atoms with Crippen molar-refractivity contribution in [2.45, 2.75) is 131 Å². The number of carboxylic acids is 2. The van der Waals surface area contributed by atoms with Gasteiger partial charge in [0.05, 0.1) is 33.5 Å². The van der Waals surface area contributed by atoms with Crippen LogP contribution in [0.25, 0.3) is 0 Å². The molecule has 18 heteroatoms. The van der Waals surface area contributed by atoms with Crippen LogP contribution in [0.15, 0.2) is 12.1 Å². The standard InChI is InChI=1S/C36H58N4O14/c1-21(19-35(9,10)53-51-33(3,4)5)49-31(47)39-15-13-37-27(41)23-17-24(26(30(45)46)18-25(23)29(43)44)28(42)38-14-16-40-32(48)50-22(2)20-36(11,12)54-52-34(6,7)8/h17-18,21-22H,13-16,19-20H2,1-12H3,(H,37,41)(H,38,42)(H,39,47)(H,40,48)(H,43,44)(H,45,46). The van der Waals surface area contributed by atoms with Crippen LogP contribution in [0, 0.1) is 0 Å². The maximum absolute atomic E-state index is 13.0. The predicted octanol–water partition coefficient (Wildman–Crippen LogP) is 4.60. The molecule has 0 aliphatic carbocycles. The number of carbonyl (C=O) groups is 6. The first-order valence-corrected chi connectivity index (χ1v) is 17.4. The Morgan fingerprint density at radius 1 is 0.519 bits per heavy atom. The van der Waals surface area contributed by atoms with Crippen LogP contribution in [0.2, 0.25) is 0 Å². The number of alkyl carbamates (subject to hydrolysis) is 2. The van der Waals surface area contributed by atoms with E-state index in [0.29, 0.717) is 18.9 Å². The molecule has 0 bridgehead atoms. The summed E-state index contributed by atoms with van der Waals surface area (Å²) in [5, 5.41) is 29.2. The molecule has 1 aromatic rings. The molecule has 2 atom stereocenters. The molecule has 0 spiro atoms. The number of rotatable bonds is 20. The van der Waals surface area contributed by atoms with Crippen molar-refractivity contribution < 1.29 is 68.0 Å². The van der Waals surface area contributed by atoms with Crippen molar-refractivity contribution in [1.29, 1.82) is 0 Å². The molecule has 1 rings (SSSR count). The zero-order valence-corrected chi connectivity index (χ0v) is 33.3. The van der Waals surface area contributed by atoms with Crippen molar-refractivity contribution in [2.75, 3.05) is 26.2 Å². The summed E-state index contributed by atoms with van der Waals surface area (Å²) in [6, 6.07) is 1.56. The van der Waals surface area contributed by atoms with E-state index in [4.69, 9.17) is 29.0 Å². The first-order valence-electron chi connectivity index (χ1n) is 17.4. The Balaban J connectivity index is 2.78. The average molecular weight is 771 g/mol. The summed E-state index contributed by atoms with van der Waals surface area (Å²) in [6.45, 7) is 20.8. The van der Waals surface area contributed by atoms with Crippen LogP contribution in [-0.2, 0) is 29.0 Å². The first kappa shape index (κ1) is 47.5.